The molecule has 0 radical (unpaired) electrons. The maximum Gasteiger partial charge on any atom is 0.102 e. The molecule has 0 spiro atoms. The lowest BCUT2D eigenvalue weighted by atomic mass is 10.3. The Hall–Kier alpha value is -1.89. The highest BCUT2D eigenvalue weighted by Gasteiger charge is 2.06. The van der Waals surface area contributed by atoms with Gasteiger partial charge in [0.15, 0.2) is 0 Å². The lowest BCUT2D eigenvalue weighted by Gasteiger charge is -2.02. The van der Waals surface area contributed by atoms with E-state index in [2.05, 4.69) is 27.7 Å². The first kappa shape index (κ1) is 13.5. The molecule has 0 aliphatic heterocycles. The standard InChI is InChI=1S/C12H20N6O/c1-3-11-12(9-17(2)15-11)13-7-10-8-18(16-14-10)5-4-6-19/h8-9,13,19H,3-7H2,1-2H3. The molecule has 0 saturated heterocycles. The van der Waals surface area contributed by atoms with Crippen LogP contribution in [0.2, 0.25) is 0 Å². The van der Waals surface area contributed by atoms with Crippen LogP contribution in [0.5, 0.6) is 0 Å². The second-order valence-corrected chi connectivity index (χ2v) is 4.42. The molecule has 2 aromatic heterocycles. The highest BCUT2D eigenvalue weighted by Crippen LogP contribution is 2.14. The van der Waals surface area contributed by atoms with Crippen molar-refractivity contribution >= 4 is 5.69 Å². The van der Waals surface area contributed by atoms with Gasteiger partial charge in [0, 0.05) is 26.4 Å². The molecule has 2 heterocycles. The Balaban J connectivity index is 1.92. The number of aliphatic hydroxyl groups excluding tert-OH is 1. The maximum absolute atomic E-state index is 8.76. The number of aromatic nitrogens is 5. The van der Waals surface area contributed by atoms with Crippen LogP contribution in [0, 0.1) is 0 Å². The number of hydrogen-bond donors (Lipinski definition) is 2. The quantitative estimate of drug-likeness (QED) is 0.764. The Labute approximate surface area is 112 Å². The highest BCUT2D eigenvalue weighted by atomic mass is 16.3. The number of nitrogens with one attached hydrogen (secondary N) is 1. The predicted molar refractivity (Wildman–Crippen MR) is 71.6 cm³/mol. The van der Waals surface area contributed by atoms with Crippen molar-refractivity contribution < 1.29 is 5.11 Å². The molecule has 7 nitrogen and oxygen atoms in total. The van der Waals surface area contributed by atoms with E-state index in [1.807, 2.05) is 19.4 Å². The molecule has 0 bridgehead atoms. The van der Waals surface area contributed by atoms with Crippen molar-refractivity contribution in [1.82, 2.24) is 24.8 Å². The molecule has 0 aliphatic carbocycles. The van der Waals surface area contributed by atoms with Crippen LogP contribution in [0.1, 0.15) is 24.7 Å². The molecule has 0 unspecified atom stereocenters. The zero-order chi connectivity index (χ0) is 13.7. The van der Waals surface area contributed by atoms with E-state index in [1.54, 1.807) is 9.36 Å². The van der Waals surface area contributed by atoms with Crippen LogP contribution in [-0.2, 0) is 26.6 Å². The minimum atomic E-state index is 0.170. The van der Waals surface area contributed by atoms with Gasteiger partial charge in [0.05, 0.1) is 24.1 Å². The number of anilines is 1. The van der Waals surface area contributed by atoms with Crippen molar-refractivity contribution in [2.45, 2.75) is 32.9 Å². The van der Waals surface area contributed by atoms with Gasteiger partial charge in [0.2, 0.25) is 0 Å². The van der Waals surface area contributed by atoms with E-state index in [1.165, 1.54) is 0 Å². The highest BCUT2D eigenvalue weighted by molar-refractivity contribution is 5.46. The van der Waals surface area contributed by atoms with Crippen molar-refractivity contribution in [3.05, 3.63) is 23.8 Å². The summed E-state index contributed by atoms with van der Waals surface area (Å²) in [5, 5.41) is 24.6. The number of nitrogens with zero attached hydrogens (tertiary/aromatic N) is 5. The zero-order valence-electron chi connectivity index (χ0n) is 11.4. The lowest BCUT2D eigenvalue weighted by molar-refractivity contribution is 0.276. The smallest absolute Gasteiger partial charge is 0.102 e. The summed E-state index contributed by atoms with van der Waals surface area (Å²) in [5.41, 5.74) is 2.97. The normalized spacial score (nSPS) is 10.9. The van der Waals surface area contributed by atoms with Gasteiger partial charge in [-0.05, 0) is 12.8 Å². The van der Waals surface area contributed by atoms with Gasteiger partial charge in [-0.15, -0.1) is 5.10 Å². The number of rotatable bonds is 7. The van der Waals surface area contributed by atoms with Crippen LogP contribution in [0.25, 0.3) is 0 Å². The fourth-order valence-corrected chi connectivity index (χ4v) is 1.89. The third kappa shape index (κ3) is 3.54. The summed E-state index contributed by atoms with van der Waals surface area (Å²) in [6, 6.07) is 0. The van der Waals surface area contributed by atoms with E-state index >= 15 is 0 Å². The third-order valence-electron chi connectivity index (χ3n) is 2.83. The van der Waals surface area contributed by atoms with Gasteiger partial charge < -0.3 is 10.4 Å². The average Bonchev–Trinajstić information content (AvgIpc) is 3.00. The van der Waals surface area contributed by atoms with Gasteiger partial charge in [-0.25, -0.2) is 0 Å². The molecule has 2 N–H and O–H groups in total. The monoisotopic (exact) mass is 264 g/mol. The molecule has 0 fully saturated rings. The first-order chi connectivity index (χ1) is 9.22. The topological polar surface area (TPSA) is 80.8 Å². The van der Waals surface area contributed by atoms with Crippen LogP contribution >= 0.6 is 0 Å². The Kier molecular flexibility index (Phi) is 4.51. The number of aliphatic hydroxyl groups is 1. The first-order valence-electron chi connectivity index (χ1n) is 6.49. The van der Waals surface area contributed by atoms with Crippen LogP contribution < -0.4 is 5.32 Å². The fraction of sp³-hybridized carbons (Fsp3) is 0.583. The molecule has 104 valence electrons. The van der Waals surface area contributed by atoms with Crippen molar-refractivity contribution in [2.24, 2.45) is 7.05 Å². The van der Waals surface area contributed by atoms with Crippen molar-refractivity contribution in [1.29, 1.82) is 0 Å². The van der Waals surface area contributed by atoms with Crippen LogP contribution in [0.15, 0.2) is 12.4 Å². The summed E-state index contributed by atoms with van der Waals surface area (Å²) >= 11 is 0. The molecule has 7 heteroatoms. The van der Waals surface area contributed by atoms with Gasteiger partial charge >= 0.3 is 0 Å². The Morgan fingerprint density at radius 2 is 2.21 bits per heavy atom. The third-order valence-corrected chi connectivity index (χ3v) is 2.83. The average molecular weight is 264 g/mol. The summed E-state index contributed by atoms with van der Waals surface area (Å²) in [6.45, 7) is 3.57. The van der Waals surface area contributed by atoms with Gasteiger partial charge in [0.1, 0.15) is 5.69 Å². The predicted octanol–water partition coefficient (Wildman–Crippen LogP) is 0.568. The minimum Gasteiger partial charge on any atom is -0.396 e. The van der Waals surface area contributed by atoms with E-state index in [0.29, 0.717) is 19.5 Å². The Morgan fingerprint density at radius 1 is 1.37 bits per heavy atom. The second-order valence-electron chi connectivity index (χ2n) is 4.42. The van der Waals surface area contributed by atoms with E-state index in [-0.39, 0.29) is 6.61 Å². The van der Waals surface area contributed by atoms with Crippen molar-refractivity contribution in [3.63, 3.8) is 0 Å². The van der Waals surface area contributed by atoms with Gasteiger partial charge in [-0.1, -0.05) is 12.1 Å². The van der Waals surface area contributed by atoms with E-state index in [4.69, 9.17) is 5.11 Å². The number of hydrogen-bond acceptors (Lipinski definition) is 5. The summed E-state index contributed by atoms with van der Waals surface area (Å²) in [4.78, 5) is 0. The molecule has 0 amide bonds. The number of aryl methyl sites for hydroxylation is 3. The molecular formula is C12H20N6O. The van der Waals surface area contributed by atoms with E-state index < -0.39 is 0 Å². The SMILES string of the molecule is CCc1nn(C)cc1NCc1cn(CCCO)nn1. The largest absolute Gasteiger partial charge is 0.396 e. The van der Waals surface area contributed by atoms with Gasteiger partial charge in [0.25, 0.3) is 0 Å². The van der Waals surface area contributed by atoms with Crippen molar-refractivity contribution in [3.8, 4) is 0 Å². The summed E-state index contributed by atoms with van der Waals surface area (Å²) in [5.74, 6) is 0. The summed E-state index contributed by atoms with van der Waals surface area (Å²) in [6.07, 6.45) is 5.45. The lowest BCUT2D eigenvalue weighted by Crippen LogP contribution is -2.01. The second kappa shape index (κ2) is 6.33. The summed E-state index contributed by atoms with van der Waals surface area (Å²) in [7, 11) is 1.91. The first-order valence-corrected chi connectivity index (χ1v) is 6.49. The zero-order valence-corrected chi connectivity index (χ0v) is 11.4. The summed E-state index contributed by atoms with van der Waals surface area (Å²) < 4.78 is 3.55. The molecule has 2 rings (SSSR count). The Bertz CT molecular complexity index is 518. The maximum atomic E-state index is 8.76. The molecule has 0 saturated carbocycles. The van der Waals surface area contributed by atoms with Crippen LogP contribution in [-0.4, -0.2) is 36.5 Å². The van der Waals surface area contributed by atoms with Gasteiger partial charge in [-0.3, -0.25) is 9.36 Å². The molecule has 0 aromatic carbocycles. The fourth-order valence-electron chi connectivity index (χ4n) is 1.89. The molecular weight excluding hydrogens is 244 g/mol. The minimum absolute atomic E-state index is 0.170. The molecule has 0 aliphatic rings. The Morgan fingerprint density at radius 3 is 2.95 bits per heavy atom. The molecule has 2 aromatic rings. The van der Waals surface area contributed by atoms with E-state index in [0.717, 1.165) is 23.5 Å². The van der Waals surface area contributed by atoms with Crippen LogP contribution in [0.4, 0.5) is 5.69 Å². The molecule has 19 heavy (non-hydrogen) atoms. The van der Waals surface area contributed by atoms with Crippen molar-refractivity contribution in [2.75, 3.05) is 11.9 Å². The molecule has 0 atom stereocenters. The van der Waals surface area contributed by atoms with E-state index in [9.17, 15) is 0 Å². The van der Waals surface area contributed by atoms with Crippen LogP contribution in [0.3, 0.4) is 0 Å². The van der Waals surface area contributed by atoms with Gasteiger partial charge in [-0.2, -0.15) is 5.10 Å².